The van der Waals surface area contributed by atoms with Crippen LogP contribution in [0.5, 0.6) is 0 Å². The number of halogens is 3. The third-order valence-corrected chi connectivity index (χ3v) is 3.77. The van der Waals surface area contributed by atoms with Gasteiger partial charge < -0.3 is 10.1 Å². The van der Waals surface area contributed by atoms with Crippen molar-refractivity contribution in [1.82, 2.24) is 0 Å². The van der Waals surface area contributed by atoms with Gasteiger partial charge in [0.2, 0.25) is 0 Å². The number of nitrogens with zero attached hydrogens (tertiary/aromatic N) is 1. The summed E-state index contributed by atoms with van der Waals surface area (Å²) in [5.41, 5.74) is -0.555. The van der Waals surface area contributed by atoms with Gasteiger partial charge in [-0.25, -0.2) is 4.39 Å². The Balaban J connectivity index is 1.95. The summed E-state index contributed by atoms with van der Waals surface area (Å²) >= 11 is 11.5. The number of benzene rings is 2. The molecule has 0 aliphatic carbocycles. The molecule has 1 amide bonds. The van der Waals surface area contributed by atoms with Crippen LogP contribution in [0.4, 0.5) is 15.8 Å². The lowest BCUT2D eigenvalue weighted by molar-refractivity contribution is -0.383. The molecule has 2 rings (SSSR count). The van der Waals surface area contributed by atoms with Crippen LogP contribution >= 0.6 is 23.2 Å². The van der Waals surface area contributed by atoms with Gasteiger partial charge >= 0.3 is 5.97 Å². The number of anilines is 1. The molecule has 26 heavy (non-hydrogen) atoms. The van der Waals surface area contributed by atoms with E-state index in [1.165, 1.54) is 24.3 Å². The first-order valence-electron chi connectivity index (χ1n) is 7.10. The summed E-state index contributed by atoms with van der Waals surface area (Å²) in [4.78, 5) is 33.8. The fourth-order valence-electron chi connectivity index (χ4n) is 1.99. The SMILES string of the molecule is O=C(COC(=O)Cc1c(F)cccc1Cl)Nc1ccc(Cl)cc1[N+](=O)[O-]. The molecule has 2 aromatic carbocycles. The monoisotopic (exact) mass is 400 g/mol. The second kappa shape index (κ2) is 8.59. The Morgan fingerprint density at radius 1 is 1.23 bits per heavy atom. The fraction of sp³-hybridized carbons (Fsp3) is 0.125. The molecule has 0 aromatic heterocycles. The van der Waals surface area contributed by atoms with E-state index in [9.17, 15) is 24.1 Å². The van der Waals surface area contributed by atoms with Crippen LogP contribution in [-0.2, 0) is 20.7 Å². The molecule has 0 heterocycles. The van der Waals surface area contributed by atoms with Gasteiger partial charge in [0.05, 0.1) is 11.3 Å². The van der Waals surface area contributed by atoms with Crippen LogP contribution in [0.2, 0.25) is 10.0 Å². The summed E-state index contributed by atoms with van der Waals surface area (Å²) in [5, 5.41) is 13.4. The molecule has 136 valence electrons. The zero-order valence-corrected chi connectivity index (χ0v) is 14.5. The van der Waals surface area contributed by atoms with Crippen molar-refractivity contribution in [2.45, 2.75) is 6.42 Å². The van der Waals surface area contributed by atoms with Crippen molar-refractivity contribution in [3.05, 3.63) is 67.9 Å². The minimum Gasteiger partial charge on any atom is -0.455 e. The van der Waals surface area contributed by atoms with E-state index in [-0.39, 0.29) is 21.3 Å². The summed E-state index contributed by atoms with van der Waals surface area (Å²) in [7, 11) is 0. The number of rotatable bonds is 6. The van der Waals surface area contributed by atoms with Gasteiger partial charge in [-0.3, -0.25) is 19.7 Å². The lowest BCUT2D eigenvalue weighted by atomic mass is 10.1. The number of hydrogen-bond donors (Lipinski definition) is 1. The quantitative estimate of drug-likeness (QED) is 0.452. The molecule has 10 heteroatoms. The van der Waals surface area contributed by atoms with Gasteiger partial charge in [0.25, 0.3) is 11.6 Å². The highest BCUT2D eigenvalue weighted by atomic mass is 35.5. The van der Waals surface area contributed by atoms with E-state index in [1.54, 1.807) is 0 Å². The Morgan fingerprint density at radius 2 is 1.96 bits per heavy atom. The van der Waals surface area contributed by atoms with E-state index >= 15 is 0 Å². The van der Waals surface area contributed by atoms with Gasteiger partial charge in [0.15, 0.2) is 6.61 Å². The van der Waals surface area contributed by atoms with Crippen molar-refractivity contribution in [3.8, 4) is 0 Å². The number of hydrogen-bond acceptors (Lipinski definition) is 5. The summed E-state index contributed by atoms with van der Waals surface area (Å²) in [6.45, 7) is -0.704. The summed E-state index contributed by atoms with van der Waals surface area (Å²) in [5.74, 6) is -2.35. The van der Waals surface area contributed by atoms with Crippen LogP contribution in [0, 0.1) is 15.9 Å². The number of esters is 1. The van der Waals surface area contributed by atoms with E-state index in [1.807, 2.05) is 0 Å². The van der Waals surface area contributed by atoms with Gasteiger partial charge in [-0.2, -0.15) is 0 Å². The average molecular weight is 401 g/mol. The molecule has 0 saturated carbocycles. The molecule has 1 N–H and O–H groups in total. The average Bonchev–Trinajstić information content (AvgIpc) is 2.58. The van der Waals surface area contributed by atoms with Crippen molar-refractivity contribution in [2.24, 2.45) is 0 Å². The molecule has 7 nitrogen and oxygen atoms in total. The van der Waals surface area contributed by atoms with Crippen LogP contribution < -0.4 is 5.32 Å². The highest BCUT2D eigenvalue weighted by Crippen LogP contribution is 2.27. The first kappa shape index (κ1) is 19.6. The molecule has 0 saturated heterocycles. The number of nitro groups is 1. The highest BCUT2D eigenvalue weighted by Gasteiger charge is 2.18. The molecule has 0 aliphatic rings. The number of carbonyl (C=O) groups excluding carboxylic acids is 2. The predicted octanol–water partition coefficient (Wildman–Crippen LogP) is 3.77. The third-order valence-electron chi connectivity index (χ3n) is 3.18. The molecule has 0 radical (unpaired) electrons. The molecule has 0 aliphatic heterocycles. The maximum Gasteiger partial charge on any atom is 0.310 e. The van der Waals surface area contributed by atoms with E-state index in [2.05, 4.69) is 5.32 Å². The van der Waals surface area contributed by atoms with E-state index in [4.69, 9.17) is 27.9 Å². The second-order valence-corrected chi connectivity index (χ2v) is 5.85. The summed E-state index contributed by atoms with van der Waals surface area (Å²) in [6, 6.07) is 7.62. The number of amides is 1. The van der Waals surface area contributed by atoms with Gasteiger partial charge in [-0.1, -0.05) is 29.3 Å². The highest BCUT2D eigenvalue weighted by molar-refractivity contribution is 6.31. The first-order valence-corrected chi connectivity index (χ1v) is 7.86. The van der Waals surface area contributed by atoms with Crippen LogP contribution in [0.3, 0.4) is 0 Å². The fourth-order valence-corrected chi connectivity index (χ4v) is 2.39. The van der Waals surface area contributed by atoms with Crippen molar-refractivity contribution in [1.29, 1.82) is 0 Å². The van der Waals surface area contributed by atoms with Crippen LogP contribution in [0.25, 0.3) is 0 Å². The Kier molecular flexibility index (Phi) is 6.48. The Hall–Kier alpha value is -2.71. The Morgan fingerprint density at radius 3 is 2.62 bits per heavy atom. The van der Waals surface area contributed by atoms with Gasteiger partial charge in [-0.05, 0) is 24.3 Å². The maximum absolute atomic E-state index is 13.6. The first-order chi connectivity index (χ1) is 12.3. The van der Waals surface area contributed by atoms with Crippen molar-refractivity contribution in [2.75, 3.05) is 11.9 Å². The molecule has 0 atom stereocenters. The molecule has 0 unspecified atom stereocenters. The minimum atomic E-state index is -0.877. The lowest BCUT2D eigenvalue weighted by Gasteiger charge is -2.08. The molecule has 0 bridgehead atoms. The van der Waals surface area contributed by atoms with Gasteiger partial charge in [-0.15, -0.1) is 0 Å². The summed E-state index contributed by atoms with van der Waals surface area (Å²) < 4.78 is 18.3. The molecular formula is C16H11Cl2FN2O5. The third kappa shape index (κ3) is 5.14. The van der Waals surface area contributed by atoms with Gasteiger partial charge in [0, 0.05) is 21.7 Å². The van der Waals surface area contributed by atoms with Crippen molar-refractivity contribution < 1.29 is 23.6 Å². The predicted molar refractivity (Wildman–Crippen MR) is 92.8 cm³/mol. The van der Waals surface area contributed by atoms with Gasteiger partial charge in [0.1, 0.15) is 11.5 Å². The molecular weight excluding hydrogens is 390 g/mol. The van der Waals surface area contributed by atoms with Crippen LogP contribution in [0.1, 0.15) is 5.56 Å². The summed E-state index contributed by atoms with van der Waals surface area (Å²) in [6.07, 6.45) is -0.458. The minimum absolute atomic E-state index is 0.0482. The standard InChI is InChI=1S/C16H11Cl2FN2O5/c17-9-4-5-13(14(6-9)21(24)25)20-15(22)8-26-16(23)7-10-11(18)2-1-3-12(10)19/h1-6H,7-8H2,(H,20,22). The molecule has 0 spiro atoms. The maximum atomic E-state index is 13.6. The topological polar surface area (TPSA) is 98.5 Å². The number of nitro benzene ring substituents is 1. The number of nitrogens with one attached hydrogen (secondary N) is 1. The Labute approximate surface area is 156 Å². The van der Waals surface area contributed by atoms with E-state index < -0.39 is 41.3 Å². The zero-order chi connectivity index (χ0) is 19.3. The largest absolute Gasteiger partial charge is 0.455 e. The smallest absolute Gasteiger partial charge is 0.310 e. The normalized spacial score (nSPS) is 10.3. The van der Waals surface area contributed by atoms with Crippen molar-refractivity contribution >= 4 is 46.5 Å². The Bertz CT molecular complexity index is 855. The van der Waals surface area contributed by atoms with Crippen LogP contribution in [-0.4, -0.2) is 23.4 Å². The van der Waals surface area contributed by atoms with Crippen LogP contribution in [0.15, 0.2) is 36.4 Å². The van der Waals surface area contributed by atoms with E-state index in [0.29, 0.717) is 0 Å². The zero-order valence-electron chi connectivity index (χ0n) is 13.0. The lowest BCUT2D eigenvalue weighted by Crippen LogP contribution is -2.22. The molecule has 0 fully saturated rings. The number of ether oxygens (including phenoxy) is 1. The van der Waals surface area contributed by atoms with E-state index in [0.717, 1.165) is 12.1 Å². The molecule has 2 aromatic rings. The van der Waals surface area contributed by atoms with Crippen molar-refractivity contribution in [3.63, 3.8) is 0 Å². The second-order valence-electron chi connectivity index (χ2n) is 5.00. The number of carbonyl (C=O) groups is 2.